The Morgan fingerprint density at radius 3 is 2.83 bits per heavy atom. The first kappa shape index (κ1) is 19.4. The van der Waals surface area contributed by atoms with Crippen molar-refractivity contribution in [3.05, 3.63) is 53.6 Å². The summed E-state index contributed by atoms with van der Waals surface area (Å²) in [7, 11) is 0. The second-order valence-electron chi connectivity index (χ2n) is 7.54. The number of nitrogens with one attached hydrogen (secondary N) is 2. The second kappa shape index (κ2) is 8.59. The van der Waals surface area contributed by atoms with E-state index in [9.17, 15) is 9.18 Å². The number of amides is 1. The number of anilines is 1. The third-order valence-electron chi connectivity index (χ3n) is 5.51. The van der Waals surface area contributed by atoms with E-state index < -0.39 is 0 Å². The van der Waals surface area contributed by atoms with E-state index in [1.165, 1.54) is 31.4 Å². The lowest BCUT2D eigenvalue weighted by molar-refractivity contribution is 0.0951. The average molecular weight is 395 g/mol. The Balaban J connectivity index is 1.62. The minimum Gasteiger partial charge on any atom is -0.381 e. The maximum atomic E-state index is 13.4. The van der Waals surface area contributed by atoms with Crippen LogP contribution < -0.4 is 10.6 Å². The molecule has 152 valence electrons. The third kappa shape index (κ3) is 4.23. The Labute approximate surface area is 169 Å². The average Bonchev–Trinajstić information content (AvgIpc) is 3.17. The van der Waals surface area contributed by atoms with Gasteiger partial charge in [-0.25, -0.2) is 14.1 Å². The van der Waals surface area contributed by atoms with Crippen molar-refractivity contribution in [1.29, 1.82) is 0 Å². The van der Waals surface area contributed by atoms with E-state index >= 15 is 0 Å². The molecule has 1 aliphatic rings. The zero-order chi connectivity index (χ0) is 20.2. The number of pyridine rings is 1. The van der Waals surface area contributed by atoms with Crippen LogP contribution in [0.1, 0.15) is 54.9 Å². The molecule has 6 nitrogen and oxygen atoms in total. The van der Waals surface area contributed by atoms with E-state index in [1.54, 1.807) is 24.5 Å². The molecule has 0 saturated heterocycles. The van der Waals surface area contributed by atoms with Gasteiger partial charge in [0.05, 0.1) is 22.8 Å². The van der Waals surface area contributed by atoms with Crippen LogP contribution >= 0.6 is 0 Å². The molecule has 1 fully saturated rings. The topological polar surface area (TPSA) is 71.8 Å². The van der Waals surface area contributed by atoms with Crippen molar-refractivity contribution in [3.63, 3.8) is 0 Å². The van der Waals surface area contributed by atoms with Crippen molar-refractivity contribution < 1.29 is 9.18 Å². The predicted octanol–water partition coefficient (Wildman–Crippen LogP) is 4.26. The first-order valence-corrected chi connectivity index (χ1v) is 10.3. The van der Waals surface area contributed by atoms with Crippen molar-refractivity contribution in [2.24, 2.45) is 0 Å². The molecular weight excluding hydrogens is 369 g/mol. The molecule has 29 heavy (non-hydrogen) atoms. The molecule has 0 unspecified atom stereocenters. The molecular formula is C22H26FN5O. The summed E-state index contributed by atoms with van der Waals surface area (Å²) in [5.74, 6) is -0.544. The van der Waals surface area contributed by atoms with Gasteiger partial charge < -0.3 is 10.6 Å². The molecule has 2 N–H and O–H groups in total. The number of hydrogen-bond donors (Lipinski definition) is 2. The summed E-state index contributed by atoms with van der Waals surface area (Å²) in [5.41, 5.74) is 2.77. The Kier molecular flexibility index (Phi) is 5.74. The van der Waals surface area contributed by atoms with Gasteiger partial charge in [-0.05, 0) is 37.5 Å². The Morgan fingerprint density at radius 1 is 1.24 bits per heavy atom. The van der Waals surface area contributed by atoms with Crippen LogP contribution in [0.15, 0.2) is 36.7 Å². The van der Waals surface area contributed by atoms with Crippen LogP contribution in [0.2, 0.25) is 0 Å². The van der Waals surface area contributed by atoms with E-state index in [0.29, 0.717) is 23.7 Å². The number of halogens is 1. The van der Waals surface area contributed by atoms with Crippen LogP contribution in [0, 0.1) is 5.82 Å². The molecule has 1 amide bonds. The lowest BCUT2D eigenvalue weighted by Gasteiger charge is -2.25. The lowest BCUT2D eigenvalue weighted by Crippen LogP contribution is -2.27. The van der Waals surface area contributed by atoms with Crippen LogP contribution in [0.5, 0.6) is 0 Å². The van der Waals surface area contributed by atoms with Gasteiger partial charge in [-0.2, -0.15) is 5.10 Å². The van der Waals surface area contributed by atoms with Gasteiger partial charge in [0.2, 0.25) is 0 Å². The van der Waals surface area contributed by atoms with Gasteiger partial charge in [0.15, 0.2) is 5.65 Å². The number of carbonyl (C=O) groups excluding carboxylic acids is 1. The van der Waals surface area contributed by atoms with Gasteiger partial charge in [0.25, 0.3) is 5.91 Å². The number of rotatable bonds is 6. The smallest absolute Gasteiger partial charge is 0.255 e. The molecule has 7 heteroatoms. The van der Waals surface area contributed by atoms with Crippen molar-refractivity contribution >= 4 is 22.6 Å². The zero-order valence-corrected chi connectivity index (χ0v) is 16.6. The van der Waals surface area contributed by atoms with Crippen LogP contribution in [-0.2, 0) is 13.1 Å². The van der Waals surface area contributed by atoms with Gasteiger partial charge in [-0.15, -0.1) is 0 Å². The largest absolute Gasteiger partial charge is 0.381 e. The molecule has 1 saturated carbocycles. The summed E-state index contributed by atoms with van der Waals surface area (Å²) in [4.78, 5) is 17.5. The quantitative estimate of drug-likeness (QED) is 0.654. The zero-order valence-electron chi connectivity index (χ0n) is 16.6. The normalized spacial score (nSPS) is 14.8. The summed E-state index contributed by atoms with van der Waals surface area (Å²) in [5, 5.41) is 11.8. The first-order chi connectivity index (χ1) is 14.2. The monoisotopic (exact) mass is 395 g/mol. The summed E-state index contributed by atoms with van der Waals surface area (Å²) >= 11 is 0. The van der Waals surface area contributed by atoms with Crippen LogP contribution in [-0.4, -0.2) is 26.7 Å². The van der Waals surface area contributed by atoms with Crippen molar-refractivity contribution in [2.45, 2.75) is 58.2 Å². The number of aryl methyl sites for hydroxylation is 1. The number of benzene rings is 1. The molecule has 2 heterocycles. The number of aromatic nitrogens is 3. The van der Waals surface area contributed by atoms with Crippen LogP contribution in [0.4, 0.5) is 10.1 Å². The van der Waals surface area contributed by atoms with Gasteiger partial charge in [0.1, 0.15) is 5.82 Å². The number of hydrogen-bond acceptors (Lipinski definition) is 4. The van der Waals surface area contributed by atoms with E-state index in [0.717, 1.165) is 29.6 Å². The Morgan fingerprint density at radius 2 is 2.07 bits per heavy atom. The molecule has 0 aliphatic heterocycles. The number of carbonyl (C=O) groups is 1. The molecule has 2 aromatic heterocycles. The highest BCUT2D eigenvalue weighted by atomic mass is 19.1. The maximum Gasteiger partial charge on any atom is 0.255 e. The van der Waals surface area contributed by atoms with Gasteiger partial charge in [-0.3, -0.25) is 4.79 Å². The first-order valence-electron chi connectivity index (χ1n) is 10.3. The Hall–Kier alpha value is -2.96. The third-order valence-corrected chi connectivity index (χ3v) is 5.51. The van der Waals surface area contributed by atoms with Crippen molar-refractivity contribution in [2.75, 3.05) is 5.32 Å². The highest BCUT2D eigenvalue weighted by Crippen LogP contribution is 2.30. The minimum absolute atomic E-state index is 0.230. The standard InChI is InChI=1S/C22H26FN5O/c1-2-28-21-18(14-26-28)20(27-17-9-4-3-5-10-17)19(13-24-21)22(29)25-12-15-7-6-8-16(23)11-15/h6-8,11,13-14,17H,2-5,9-10,12H2,1H3,(H,24,27)(H,25,29). The maximum absolute atomic E-state index is 13.4. The molecule has 0 bridgehead atoms. The van der Waals surface area contributed by atoms with Gasteiger partial charge in [-0.1, -0.05) is 31.4 Å². The second-order valence-corrected chi connectivity index (χ2v) is 7.54. The lowest BCUT2D eigenvalue weighted by atomic mass is 9.95. The summed E-state index contributed by atoms with van der Waals surface area (Å²) in [6.07, 6.45) is 9.23. The van der Waals surface area contributed by atoms with Crippen molar-refractivity contribution in [1.82, 2.24) is 20.1 Å². The van der Waals surface area contributed by atoms with Crippen LogP contribution in [0.25, 0.3) is 11.0 Å². The minimum atomic E-state index is -0.313. The van der Waals surface area contributed by atoms with E-state index in [2.05, 4.69) is 20.7 Å². The molecule has 3 aromatic rings. The van der Waals surface area contributed by atoms with E-state index in [1.807, 2.05) is 11.6 Å². The van der Waals surface area contributed by atoms with Gasteiger partial charge in [0, 0.05) is 25.3 Å². The molecule has 0 radical (unpaired) electrons. The number of fused-ring (bicyclic) bond motifs is 1. The van der Waals surface area contributed by atoms with E-state index in [4.69, 9.17) is 0 Å². The molecule has 0 atom stereocenters. The van der Waals surface area contributed by atoms with Gasteiger partial charge >= 0.3 is 0 Å². The molecule has 4 rings (SSSR count). The summed E-state index contributed by atoms with van der Waals surface area (Å²) in [6, 6.07) is 6.58. The van der Waals surface area contributed by atoms with Crippen molar-refractivity contribution in [3.8, 4) is 0 Å². The summed E-state index contributed by atoms with van der Waals surface area (Å²) < 4.78 is 15.2. The fourth-order valence-corrected chi connectivity index (χ4v) is 3.96. The fraction of sp³-hybridized carbons (Fsp3) is 0.409. The van der Waals surface area contributed by atoms with Crippen LogP contribution in [0.3, 0.4) is 0 Å². The number of nitrogens with zero attached hydrogens (tertiary/aromatic N) is 3. The molecule has 1 aromatic carbocycles. The fourth-order valence-electron chi connectivity index (χ4n) is 3.96. The molecule has 1 aliphatic carbocycles. The highest BCUT2D eigenvalue weighted by molar-refractivity contribution is 6.06. The predicted molar refractivity (Wildman–Crippen MR) is 111 cm³/mol. The molecule has 0 spiro atoms. The van der Waals surface area contributed by atoms with E-state index in [-0.39, 0.29) is 18.3 Å². The SMILES string of the molecule is CCn1ncc2c(NC3CCCCC3)c(C(=O)NCc3cccc(F)c3)cnc21. The summed E-state index contributed by atoms with van der Waals surface area (Å²) in [6.45, 7) is 2.98. The Bertz CT molecular complexity index is 1010. The highest BCUT2D eigenvalue weighted by Gasteiger charge is 2.21.